The summed E-state index contributed by atoms with van der Waals surface area (Å²) in [6.07, 6.45) is 0.438. The molecule has 0 spiro atoms. The molecule has 0 bridgehead atoms. The van der Waals surface area contributed by atoms with Gasteiger partial charge in [0.1, 0.15) is 34.9 Å². The summed E-state index contributed by atoms with van der Waals surface area (Å²) in [5, 5.41) is 0. The lowest BCUT2D eigenvalue weighted by molar-refractivity contribution is -0.155. The molecule has 0 aliphatic carbocycles. The van der Waals surface area contributed by atoms with Gasteiger partial charge in [-0.2, -0.15) is 0 Å². The largest absolute Gasteiger partial charge is 0.497 e. The summed E-state index contributed by atoms with van der Waals surface area (Å²) in [6, 6.07) is 21.8. The van der Waals surface area contributed by atoms with E-state index in [2.05, 4.69) is 9.97 Å². The van der Waals surface area contributed by atoms with Crippen LogP contribution in [0.3, 0.4) is 0 Å². The minimum atomic E-state index is -0.702. The molecular weight excluding hydrogens is 562 g/mol. The van der Waals surface area contributed by atoms with E-state index >= 15 is 0 Å². The monoisotopic (exact) mass is 597 g/mol. The van der Waals surface area contributed by atoms with Gasteiger partial charge in [-0.25, -0.2) is 14.8 Å². The van der Waals surface area contributed by atoms with Gasteiger partial charge in [0.05, 0.1) is 12.8 Å². The number of carbonyl (C=O) groups excluding carboxylic acids is 2. The van der Waals surface area contributed by atoms with E-state index in [0.29, 0.717) is 47.2 Å². The lowest BCUT2D eigenvalue weighted by Crippen LogP contribution is -2.39. The van der Waals surface area contributed by atoms with Gasteiger partial charge in [0.15, 0.2) is 11.5 Å². The van der Waals surface area contributed by atoms with Crippen LogP contribution in [0.25, 0.3) is 22.6 Å². The lowest BCUT2D eigenvalue weighted by Gasteiger charge is -2.24. The molecule has 2 heterocycles. The van der Waals surface area contributed by atoms with E-state index in [9.17, 15) is 9.59 Å². The second kappa shape index (κ2) is 13.0. The Morgan fingerprint density at radius 1 is 0.886 bits per heavy atom. The second-order valence-electron chi connectivity index (χ2n) is 11.3. The fourth-order valence-electron chi connectivity index (χ4n) is 4.56. The molecule has 2 aromatic heterocycles. The molecular formula is C34H35N3O7. The molecule has 0 atom stereocenters. The highest BCUT2D eigenvalue weighted by Crippen LogP contribution is 2.24. The number of amides is 1. The number of fused-ring (bicyclic) bond motifs is 1. The van der Waals surface area contributed by atoms with E-state index in [-0.39, 0.29) is 13.1 Å². The Morgan fingerprint density at radius 2 is 1.61 bits per heavy atom. The Labute approximate surface area is 255 Å². The zero-order valence-corrected chi connectivity index (χ0v) is 25.5. The summed E-state index contributed by atoms with van der Waals surface area (Å²) in [5.74, 6) is 2.30. The van der Waals surface area contributed by atoms with Crippen LogP contribution in [0, 0.1) is 6.92 Å². The Morgan fingerprint density at radius 3 is 2.32 bits per heavy atom. The van der Waals surface area contributed by atoms with E-state index in [1.807, 2.05) is 49.4 Å². The normalized spacial score (nSPS) is 11.4. The number of oxazole rings is 2. The maximum Gasteiger partial charge on any atom is 0.416 e. The molecule has 10 heteroatoms. The summed E-state index contributed by atoms with van der Waals surface area (Å²) in [6.45, 7) is 7.01. The number of ether oxygens (including phenoxy) is 3. The number of rotatable bonds is 10. The van der Waals surface area contributed by atoms with Gasteiger partial charge >= 0.3 is 12.1 Å². The van der Waals surface area contributed by atoms with Crippen LogP contribution in [-0.4, -0.2) is 46.2 Å². The molecule has 10 nitrogen and oxygen atoms in total. The molecule has 5 aromatic rings. The smallest absolute Gasteiger partial charge is 0.416 e. The van der Waals surface area contributed by atoms with Crippen molar-refractivity contribution in [3.8, 4) is 23.0 Å². The molecule has 0 saturated heterocycles. The number of aryl methyl sites for hydroxylation is 3. The first-order valence-electron chi connectivity index (χ1n) is 14.3. The van der Waals surface area contributed by atoms with Gasteiger partial charge in [-0.1, -0.05) is 24.3 Å². The molecule has 0 aliphatic rings. The van der Waals surface area contributed by atoms with Crippen molar-refractivity contribution in [2.45, 2.75) is 52.7 Å². The minimum absolute atomic E-state index is 0.0900. The van der Waals surface area contributed by atoms with Gasteiger partial charge in [0, 0.05) is 24.9 Å². The Bertz CT molecular complexity index is 1730. The van der Waals surface area contributed by atoms with Gasteiger partial charge in [-0.15, -0.1) is 0 Å². The molecule has 1 amide bonds. The average molecular weight is 598 g/mol. The van der Waals surface area contributed by atoms with Crippen molar-refractivity contribution < 1.29 is 32.6 Å². The topological polar surface area (TPSA) is 117 Å². The summed E-state index contributed by atoms with van der Waals surface area (Å²) < 4.78 is 28.1. The van der Waals surface area contributed by atoms with Crippen molar-refractivity contribution in [2.24, 2.45) is 0 Å². The van der Waals surface area contributed by atoms with Crippen LogP contribution in [-0.2, 0) is 28.9 Å². The van der Waals surface area contributed by atoms with E-state index in [0.717, 1.165) is 22.6 Å². The van der Waals surface area contributed by atoms with Crippen LogP contribution < -0.4 is 9.47 Å². The average Bonchev–Trinajstić information content (AvgIpc) is 3.57. The van der Waals surface area contributed by atoms with Crippen molar-refractivity contribution in [1.82, 2.24) is 14.9 Å². The summed E-state index contributed by atoms with van der Waals surface area (Å²) >= 11 is 0. The summed E-state index contributed by atoms with van der Waals surface area (Å²) in [5.41, 5.74) is 3.06. The molecule has 0 saturated carbocycles. The maximum absolute atomic E-state index is 13.2. The van der Waals surface area contributed by atoms with Gasteiger partial charge in [0.2, 0.25) is 5.89 Å². The van der Waals surface area contributed by atoms with Crippen molar-refractivity contribution in [2.75, 3.05) is 13.7 Å². The number of benzene rings is 3. The third-order valence-corrected chi connectivity index (χ3v) is 6.62. The minimum Gasteiger partial charge on any atom is -0.497 e. The van der Waals surface area contributed by atoms with Crippen molar-refractivity contribution in [3.63, 3.8) is 0 Å². The number of aromatic nitrogens is 2. The first-order chi connectivity index (χ1) is 21.1. The SMILES string of the molecule is COc1ccc(OC(=O)N(CC(=O)OC(C)(C)C)Cc2ccc3oc(CCc4nc(-c5ccccc5)oc4C)nc3c2)cc1. The molecule has 0 N–H and O–H groups in total. The van der Waals surface area contributed by atoms with E-state index in [4.69, 9.17) is 23.0 Å². The first-order valence-corrected chi connectivity index (χ1v) is 14.3. The summed E-state index contributed by atoms with van der Waals surface area (Å²) in [7, 11) is 1.55. The third-order valence-electron chi connectivity index (χ3n) is 6.62. The zero-order chi connectivity index (χ0) is 31.3. The zero-order valence-electron chi connectivity index (χ0n) is 25.5. The van der Waals surface area contributed by atoms with Gasteiger partial charge in [0.25, 0.3) is 0 Å². The molecule has 44 heavy (non-hydrogen) atoms. The van der Waals surface area contributed by atoms with E-state index in [1.165, 1.54) is 4.90 Å². The lowest BCUT2D eigenvalue weighted by atomic mass is 10.2. The van der Waals surface area contributed by atoms with Crippen LogP contribution in [0.2, 0.25) is 0 Å². The van der Waals surface area contributed by atoms with Crippen molar-refractivity contribution >= 4 is 23.2 Å². The molecule has 0 unspecified atom stereocenters. The third kappa shape index (κ3) is 7.83. The van der Waals surface area contributed by atoms with Crippen LogP contribution in [0.5, 0.6) is 11.5 Å². The standard InChI is InChI=1S/C34H35N3O7/c1-22-27(36-32(41-22)24-9-7-6-8-10-24)16-18-30-35-28-19-23(11-17-29(28)43-30)20-37(21-31(38)44-34(2,3)4)33(39)42-26-14-12-25(40-5)13-15-26/h6-15,17,19H,16,18,20-21H2,1-5H3. The van der Waals surface area contributed by atoms with Crippen LogP contribution in [0.1, 0.15) is 43.7 Å². The number of esters is 1. The van der Waals surface area contributed by atoms with Gasteiger partial charge in [-0.3, -0.25) is 9.69 Å². The fraction of sp³-hybridized carbons (Fsp3) is 0.294. The second-order valence-corrected chi connectivity index (χ2v) is 11.3. The van der Waals surface area contributed by atoms with E-state index < -0.39 is 17.7 Å². The molecule has 0 radical (unpaired) electrons. The number of hydrogen-bond donors (Lipinski definition) is 0. The fourth-order valence-corrected chi connectivity index (χ4v) is 4.56. The van der Waals surface area contributed by atoms with Crippen LogP contribution in [0.15, 0.2) is 81.6 Å². The highest BCUT2D eigenvalue weighted by molar-refractivity contribution is 5.80. The highest BCUT2D eigenvalue weighted by Gasteiger charge is 2.24. The molecule has 0 aliphatic heterocycles. The predicted molar refractivity (Wildman–Crippen MR) is 163 cm³/mol. The summed E-state index contributed by atoms with van der Waals surface area (Å²) in [4.78, 5) is 36.5. The Balaban J connectivity index is 1.29. The van der Waals surface area contributed by atoms with Crippen LogP contribution in [0.4, 0.5) is 4.79 Å². The van der Waals surface area contributed by atoms with E-state index in [1.54, 1.807) is 58.2 Å². The molecule has 5 rings (SSSR count). The molecule has 228 valence electrons. The number of carbonyl (C=O) groups is 2. The number of methoxy groups -OCH3 is 1. The predicted octanol–water partition coefficient (Wildman–Crippen LogP) is 6.93. The van der Waals surface area contributed by atoms with Crippen molar-refractivity contribution in [1.29, 1.82) is 0 Å². The number of hydrogen-bond acceptors (Lipinski definition) is 9. The van der Waals surface area contributed by atoms with Crippen molar-refractivity contribution in [3.05, 3.63) is 95.7 Å². The van der Waals surface area contributed by atoms with Gasteiger partial charge in [-0.05, 0) is 81.8 Å². The Kier molecular flexibility index (Phi) is 8.99. The van der Waals surface area contributed by atoms with Crippen LogP contribution >= 0.6 is 0 Å². The number of nitrogens with zero attached hydrogens (tertiary/aromatic N) is 3. The van der Waals surface area contributed by atoms with Gasteiger partial charge < -0.3 is 23.0 Å². The maximum atomic E-state index is 13.2. The molecule has 0 fully saturated rings. The molecule has 3 aromatic carbocycles. The first kappa shape index (κ1) is 30.3. The Hall–Kier alpha value is -5.12. The highest BCUT2D eigenvalue weighted by atomic mass is 16.6. The quantitative estimate of drug-likeness (QED) is 0.158.